The number of carbonyl (C=O) groups excluding carboxylic acids is 1. The first kappa shape index (κ1) is 14.0. The highest BCUT2D eigenvalue weighted by Crippen LogP contribution is 2.56. The fraction of sp³-hybridized carbons (Fsp3) is 0.941. The molecule has 4 nitrogen and oxygen atoms in total. The number of nitrogens with one attached hydrogen (secondary N) is 1. The summed E-state index contributed by atoms with van der Waals surface area (Å²) in [5.41, 5.74) is -1.19. The monoisotopic (exact) mass is 293 g/mol. The SMILES string of the molecule is O=C(NCC1C2CC3CC(C2)CC1C3)C1(O)CCOCC1. The zero-order valence-corrected chi connectivity index (χ0v) is 12.7. The predicted octanol–water partition coefficient (Wildman–Crippen LogP) is 1.72. The fourth-order valence-corrected chi connectivity index (χ4v) is 5.68. The molecule has 0 radical (unpaired) electrons. The van der Waals surface area contributed by atoms with Crippen molar-refractivity contribution in [3.8, 4) is 0 Å². The van der Waals surface area contributed by atoms with E-state index in [9.17, 15) is 9.90 Å². The smallest absolute Gasteiger partial charge is 0.252 e. The molecule has 1 saturated heterocycles. The number of ether oxygens (including phenoxy) is 1. The lowest BCUT2D eigenvalue weighted by Gasteiger charge is -2.54. The second kappa shape index (κ2) is 5.24. The molecule has 1 amide bonds. The number of carbonyl (C=O) groups is 1. The summed E-state index contributed by atoms with van der Waals surface area (Å²) in [6.45, 7) is 1.75. The summed E-state index contributed by atoms with van der Waals surface area (Å²) in [5.74, 6) is 4.08. The number of hydrogen-bond acceptors (Lipinski definition) is 3. The van der Waals surface area contributed by atoms with Gasteiger partial charge >= 0.3 is 0 Å². The summed E-state index contributed by atoms with van der Waals surface area (Å²) < 4.78 is 5.25. The minimum Gasteiger partial charge on any atom is -0.381 e. The molecule has 4 heteroatoms. The van der Waals surface area contributed by atoms with Gasteiger partial charge in [0, 0.05) is 32.6 Å². The van der Waals surface area contributed by atoms with Gasteiger partial charge in [-0.2, -0.15) is 0 Å². The molecule has 0 atom stereocenters. The van der Waals surface area contributed by atoms with Gasteiger partial charge in [0.2, 0.25) is 0 Å². The van der Waals surface area contributed by atoms with Crippen molar-refractivity contribution in [1.82, 2.24) is 5.32 Å². The Hall–Kier alpha value is -0.610. The van der Waals surface area contributed by atoms with Gasteiger partial charge < -0.3 is 15.2 Å². The van der Waals surface area contributed by atoms with Crippen LogP contribution >= 0.6 is 0 Å². The minimum atomic E-state index is -1.19. The molecule has 2 N–H and O–H groups in total. The molecule has 118 valence electrons. The van der Waals surface area contributed by atoms with Crippen LogP contribution in [-0.4, -0.2) is 36.4 Å². The number of aliphatic hydroxyl groups is 1. The Morgan fingerprint density at radius 3 is 2.19 bits per heavy atom. The first-order valence-electron chi connectivity index (χ1n) is 8.72. The van der Waals surface area contributed by atoms with Crippen molar-refractivity contribution in [3.63, 3.8) is 0 Å². The van der Waals surface area contributed by atoms with E-state index in [2.05, 4.69) is 5.32 Å². The topological polar surface area (TPSA) is 58.6 Å². The Kier molecular flexibility index (Phi) is 3.49. The van der Waals surface area contributed by atoms with E-state index in [0.29, 0.717) is 32.0 Å². The van der Waals surface area contributed by atoms with E-state index in [1.165, 1.54) is 32.1 Å². The number of amides is 1. The van der Waals surface area contributed by atoms with Crippen molar-refractivity contribution >= 4 is 5.91 Å². The Morgan fingerprint density at radius 1 is 1.05 bits per heavy atom. The number of hydrogen-bond donors (Lipinski definition) is 2. The lowest BCUT2D eigenvalue weighted by Crippen LogP contribution is -2.54. The minimum absolute atomic E-state index is 0.167. The second-order valence-electron chi connectivity index (χ2n) is 7.95. The Morgan fingerprint density at radius 2 is 1.62 bits per heavy atom. The quantitative estimate of drug-likeness (QED) is 0.833. The molecule has 0 unspecified atom stereocenters. The first-order chi connectivity index (χ1) is 10.1. The maximum absolute atomic E-state index is 12.3. The highest BCUT2D eigenvalue weighted by molar-refractivity contribution is 5.84. The number of rotatable bonds is 3. The van der Waals surface area contributed by atoms with Crippen LogP contribution in [0.2, 0.25) is 0 Å². The largest absolute Gasteiger partial charge is 0.381 e. The van der Waals surface area contributed by atoms with E-state index in [1.54, 1.807) is 0 Å². The lowest BCUT2D eigenvalue weighted by molar-refractivity contribution is -0.150. The van der Waals surface area contributed by atoms with Gasteiger partial charge in [0.05, 0.1) is 0 Å². The van der Waals surface area contributed by atoms with Crippen LogP contribution < -0.4 is 5.32 Å². The van der Waals surface area contributed by atoms with Crippen molar-refractivity contribution in [1.29, 1.82) is 0 Å². The van der Waals surface area contributed by atoms with Crippen molar-refractivity contribution in [2.45, 2.75) is 50.5 Å². The first-order valence-corrected chi connectivity index (χ1v) is 8.72. The third-order valence-electron chi connectivity index (χ3n) is 6.66. The van der Waals surface area contributed by atoms with Crippen LogP contribution in [0.5, 0.6) is 0 Å². The maximum atomic E-state index is 12.3. The van der Waals surface area contributed by atoms with Crippen LogP contribution in [0.4, 0.5) is 0 Å². The molecule has 0 aromatic carbocycles. The maximum Gasteiger partial charge on any atom is 0.252 e. The van der Waals surface area contributed by atoms with Crippen LogP contribution in [0, 0.1) is 29.6 Å². The van der Waals surface area contributed by atoms with E-state index < -0.39 is 5.60 Å². The van der Waals surface area contributed by atoms with E-state index in [4.69, 9.17) is 4.74 Å². The molecular formula is C17H27NO3. The van der Waals surface area contributed by atoms with Crippen LogP contribution in [0.3, 0.4) is 0 Å². The second-order valence-corrected chi connectivity index (χ2v) is 7.95. The molecule has 0 aromatic rings. The standard InChI is InChI=1S/C17H27NO3/c19-16(17(20)1-3-21-4-2-17)18-10-15-13-6-11-5-12(8-13)9-14(15)7-11/h11-15,20H,1-10H2,(H,18,19). The molecular weight excluding hydrogens is 266 g/mol. The zero-order chi connectivity index (χ0) is 14.4. The molecule has 0 spiro atoms. The average molecular weight is 293 g/mol. The summed E-state index contributed by atoms with van der Waals surface area (Å²) >= 11 is 0. The van der Waals surface area contributed by atoms with Gasteiger partial charge in [-0.05, 0) is 61.7 Å². The normalized spacial score (nSPS) is 43.8. The lowest BCUT2D eigenvalue weighted by atomic mass is 9.52. The van der Waals surface area contributed by atoms with Gasteiger partial charge in [-0.25, -0.2) is 0 Å². The highest BCUT2D eigenvalue weighted by Gasteiger charge is 2.48. The molecule has 1 heterocycles. The van der Waals surface area contributed by atoms with E-state index >= 15 is 0 Å². The van der Waals surface area contributed by atoms with Gasteiger partial charge in [0.1, 0.15) is 5.60 Å². The average Bonchev–Trinajstić information content (AvgIpc) is 2.46. The summed E-state index contributed by atoms with van der Waals surface area (Å²) in [6.07, 6.45) is 7.85. The van der Waals surface area contributed by atoms with Gasteiger partial charge in [-0.1, -0.05) is 0 Å². The van der Waals surface area contributed by atoms with Crippen LogP contribution in [0.1, 0.15) is 44.9 Å². The summed E-state index contributed by atoms with van der Waals surface area (Å²) in [6, 6.07) is 0. The van der Waals surface area contributed by atoms with Crippen molar-refractivity contribution in [2.75, 3.05) is 19.8 Å². The predicted molar refractivity (Wildman–Crippen MR) is 78.5 cm³/mol. The summed E-state index contributed by atoms with van der Waals surface area (Å²) in [5, 5.41) is 13.5. The van der Waals surface area contributed by atoms with Gasteiger partial charge in [-0.15, -0.1) is 0 Å². The van der Waals surface area contributed by atoms with E-state index in [-0.39, 0.29) is 5.91 Å². The molecule has 1 aliphatic heterocycles. The van der Waals surface area contributed by atoms with Crippen LogP contribution in [-0.2, 0) is 9.53 Å². The summed E-state index contributed by atoms with van der Waals surface area (Å²) in [7, 11) is 0. The molecule has 4 aliphatic carbocycles. The summed E-state index contributed by atoms with van der Waals surface area (Å²) in [4.78, 5) is 12.3. The zero-order valence-electron chi connectivity index (χ0n) is 12.7. The van der Waals surface area contributed by atoms with E-state index in [1.807, 2.05) is 0 Å². The van der Waals surface area contributed by atoms with Crippen LogP contribution in [0.15, 0.2) is 0 Å². The van der Waals surface area contributed by atoms with Crippen LogP contribution in [0.25, 0.3) is 0 Å². The Labute approximate surface area is 126 Å². The highest BCUT2D eigenvalue weighted by atomic mass is 16.5. The molecule has 5 aliphatic rings. The molecule has 21 heavy (non-hydrogen) atoms. The molecule has 4 bridgehead atoms. The van der Waals surface area contributed by atoms with Gasteiger partial charge in [-0.3, -0.25) is 4.79 Å². The fourth-order valence-electron chi connectivity index (χ4n) is 5.68. The van der Waals surface area contributed by atoms with Crippen molar-refractivity contribution in [2.24, 2.45) is 29.6 Å². The third-order valence-corrected chi connectivity index (χ3v) is 6.66. The van der Waals surface area contributed by atoms with E-state index in [0.717, 1.165) is 30.2 Å². The molecule has 5 rings (SSSR count). The van der Waals surface area contributed by atoms with Crippen molar-refractivity contribution in [3.05, 3.63) is 0 Å². The van der Waals surface area contributed by atoms with Gasteiger partial charge in [0.15, 0.2) is 0 Å². The Balaban J connectivity index is 1.35. The third kappa shape index (κ3) is 2.50. The molecule has 0 aromatic heterocycles. The molecule has 5 fully saturated rings. The van der Waals surface area contributed by atoms with Gasteiger partial charge in [0.25, 0.3) is 5.91 Å². The molecule has 4 saturated carbocycles. The van der Waals surface area contributed by atoms with Crippen molar-refractivity contribution < 1.29 is 14.6 Å². The Bertz CT molecular complexity index is 388.